The van der Waals surface area contributed by atoms with Gasteiger partial charge in [-0.15, -0.1) is 3.63 Å². The number of hydrogen-bond acceptors (Lipinski definition) is 12. The summed E-state index contributed by atoms with van der Waals surface area (Å²) in [4.78, 5) is 16.6. The first-order valence-corrected chi connectivity index (χ1v) is 9.83. The van der Waals surface area contributed by atoms with Crippen molar-refractivity contribution in [3.63, 3.8) is 0 Å². The van der Waals surface area contributed by atoms with E-state index >= 15 is 0 Å². The maximum absolute atomic E-state index is 12.0. The molecule has 1 rings (SSSR count). The first-order chi connectivity index (χ1) is 11.7. The van der Waals surface area contributed by atoms with Crippen molar-refractivity contribution in [3.05, 3.63) is 34.6 Å². The number of aromatic hydroxyl groups is 1. The third-order valence-corrected chi connectivity index (χ3v) is 6.11. The second-order valence-electron chi connectivity index (χ2n) is 4.03. The van der Waals surface area contributed by atoms with Crippen LogP contribution in [0.1, 0.15) is 10.4 Å². The second kappa shape index (κ2) is 6.96. The first kappa shape index (κ1) is 21.4. The van der Waals surface area contributed by atoms with E-state index in [1.54, 1.807) is 0 Å². The minimum absolute atomic E-state index is 0.106. The molecule has 0 radical (unpaired) electrons. The number of carbonyl (C=O) groups is 1. The summed E-state index contributed by atoms with van der Waals surface area (Å²) in [7, 11) is -16.7. The number of benzene rings is 1. The number of aldehydes is 1. The molecule has 0 heterocycles. The smallest absolute Gasteiger partial charge is 0.463 e. The Morgan fingerprint density at radius 1 is 1.19 bits per heavy atom. The fourth-order valence-electron chi connectivity index (χ4n) is 1.58. The molecule has 0 aliphatic rings. The lowest BCUT2D eigenvalue weighted by Crippen LogP contribution is -2.18. The molecule has 26 heavy (non-hydrogen) atoms. The maximum Gasteiger partial charge on any atom is 0.463 e. The Labute approximate surface area is 145 Å². The van der Waals surface area contributed by atoms with Crippen molar-refractivity contribution in [2.75, 3.05) is 0 Å². The number of nitro groups is 1. The second-order valence-corrected chi connectivity index (χ2v) is 8.29. The quantitative estimate of drug-likeness (QED) is 0.173. The van der Waals surface area contributed by atoms with Gasteiger partial charge >= 0.3 is 20.5 Å². The molecule has 1 aromatic rings. The van der Waals surface area contributed by atoms with Crippen molar-refractivity contribution >= 4 is 42.6 Å². The minimum Gasteiger partial charge on any atom is -0.505 e. The molecule has 17 heteroatoms. The predicted molar refractivity (Wildman–Crippen MR) is 78.4 cm³/mol. The van der Waals surface area contributed by atoms with Gasteiger partial charge in [0.15, 0.2) is 16.9 Å². The van der Waals surface area contributed by atoms with Crippen LogP contribution in [0.4, 0.5) is 5.69 Å². The molecule has 0 aromatic heterocycles. The van der Waals surface area contributed by atoms with Crippen molar-refractivity contribution in [1.82, 2.24) is 0 Å². The highest BCUT2D eigenvalue weighted by Crippen LogP contribution is 2.39. The summed E-state index contributed by atoms with van der Waals surface area (Å²) in [5.74, 6) is -1.82. The Hall–Kier alpha value is -2.60. The van der Waals surface area contributed by atoms with Gasteiger partial charge in [0.2, 0.25) is 0 Å². The van der Waals surface area contributed by atoms with Gasteiger partial charge in [0.1, 0.15) is 16.7 Å². The van der Waals surface area contributed by atoms with Crippen LogP contribution in [-0.2, 0) is 38.4 Å². The number of phenols is 1. The Bertz CT molecular complexity index is 1100. The highest BCUT2D eigenvalue weighted by molar-refractivity contribution is 7.98. The Balaban J connectivity index is 3.99. The van der Waals surface area contributed by atoms with Crippen LogP contribution in [0.3, 0.4) is 0 Å². The van der Waals surface area contributed by atoms with Crippen LogP contribution >= 0.6 is 0 Å². The summed E-state index contributed by atoms with van der Waals surface area (Å²) >= 11 is 0. The Morgan fingerprint density at radius 2 is 1.73 bits per heavy atom. The van der Waals surface area contributed by atoms with E-state index in [2.05, 4.69) is 14.4 Å². The van der Waals surface area contributed by atoms with Crippen molar-refractivity contribution in [2.45, 2.75) is 9.79 Å². The van der Waals surface area contributed by atoms with Gasteiger partial charge in [-0.3, -0.25) is 19.5 Å². The zero-order valence-corrected chi connectivity index (χ0v) is 14.4. The summed E-state index contributed by atoms with van der Waals surface area (Å²) in [5, 5.41) is 20.6. The molecule has 0 saturated heterocycles. The predicted octanol–water partition coefficient (Wildman–Crippen LogP) is -0.530. The fourth-order valence-corrected chi connectivity index (χ4v) is 4.91. The summed E-state index contributed by atoms with van der Waals surface area (Å²) in [6.45, 7) is 2.80. The average molecular weight is 433 g/mol. The lowest BCUT2D eigenvalue weighted by atomic mass is 10.2. The molecule has 0 unspecified atom stereocenters. The summed E-state index contributed by atoms with van der Waals surface area (Å²) in [6.07, 6.45) is -0.166. The minimum atomic E-state index is -5.74. The molecule has 0 spiro atoms. The molecule has 144 valence electrons. The van der Waals surface area contributed by atoms with E-state index in [0.29, 0.717) is 0 Å². The number of nitrogens with zero attached hydrogens (tertiary/aromatic N) is 1. The zero-order chi connectivity index (χ0) is 20.5. The lowest BCUT2D eigenvalue weighted by molar-refractivity contribution is -0.385. The van der Waals surface area contributed by atoms with Crippen molar-refractivity contribution in [3.8, 4) is 5.75 Å². The van der Waals surface area contributed by atoms with Crippen LogP contribution in [0.25, 0.3) is 0 Å². The third kappa shape index (κ3) is 4.32. The highest BCUT2D eigenvalue weighted by atomic mass is 32.3. The monoisotopic (exact) mass is 433 g/mol. The molecule has 0 aliphatic carbocycles. The van der Waals surface area contributed by atoms with Crippen molar-refractivity contribution in [2.24, 2.45) is 0 Å². The lowest BCUT2D eigenvalue weighted by Gasteiger charge is -2.11. The number of rotatable bonds is 8. The van der Waals surface area contributed by atoms with Crippen LogP contribution in [0.5, 0.6) is 5.75 Å². The molecule has 0 aliphatic heterocycles. The molecule has 0 amide bonds. The van der Waals surface area contributed by atoms with Crippen LogP contribution in [-0.4, -0.2) is 46.1 Å². The van der Waals surface area contributed by atoms with Gasteiger partial charge in [0.25, 0.3) is 15.8 Å². The normalized spacial score (nSPS) is 12.3. The van der Waals surface area contributed by atoms with Gasteiger partial charge in [-0.1, -0.05) is 6.58 Å². The summed E-state index contributed by atoms with van der Waals surface area (Å²) < 4.78 is 85.6. The van der Waals surface area contributed by atoms with Gasteiger partial charge in [0.05, 0.1) is 4.92 Å². The SMILES string of the molecule is C=COS(=O)(=O)OS(=O)(=O)c1cc([N+](=O)[O-])c(C=O)c(O)c1S(=O)(=O)O. The van der Waals surface area contributed by atoms with E-state index in [1.165, 1.54) is 0 Å². The maximum atomic E-state index is 12.0. The van der Waals surface area contributed by atoms with Crippen molar-refractivity contribution < 1.29 is 52.4 Å². The van der Waals surface area contributed by atoms with Gasteiger partial charge in [-0.25, -0.2) is 0 Å². The molecule has 0 atom stereocenters. The number of phenolic OH excluding ortho intramolecular Hbond substituents is 1. The third-order valence-electron chi connectivity index (χ3n) is 2.44. The van der Waals surface area contributed by atoms with Crippen LogP contribution in [0.15, 0.2) is 28.7 Å². The van der Waals surface area contributed by atoms with Crippen LogP contribution in [0, 0.1) is 10.1 Å². The molecular weight excluding hydrogens is 426 g/mol. The fraction of sp³-hybridized carbons (Fsp3) is 0. The summed E-state index contributed by atoms with van der Waals surface area (Å²) in [5.41, 5.74) is -2.72. The molecule has 2 N–H and O–H groups in total. The Morgan fingerprint density at radius 3 is 2.12 bits per heavy atom. The van der Waals surface area contributed by atoms with Crippen LogP contribution in [0.2, 0.25) is 0 Å². The molecule has 1 aromatic carbocycles. The van der Waals surface area contributed by atoms with Crippen molar-refractivity contribution in [1.29, 1.82) is 0 Å². The molecule has 0 bridgehead atoms. The van der Waals surface area contributed by atoms with E-state index < -0.39 is 68.6 Å². The summed E-state index contributed by atoms with van der Waals surface area (Å²) in [6, 6.07) is -0.106. The largest absolute Gasteiger partial charge is 0.505 e. The molecule has 0 fully saturated rings. The Kier molecular flexibility index (Phi) is 5.74. The number of nitro benzene ring substituents is 1. The average Bonchev–Trinajstić information content (AvgIpc) is 2.43. The van der Waals surface area contributed by atoms with E-state index in [9.17, 15) is 45.3 Å². The van der Waals surface area contributed by atoms with Gasteiger partial charge in [-0.05, 0) is 0 Å². The number of carbonyl (C=O) groups excluding carboxylic acids is 1. The van der Waals surface area contributed by atoms with E-state index in [1.807, 2.05) is 0 Å². The van der Waals surface area contributed by atoms with E-state index in [0.717, 1.165) is 0 Å². The van der Waals surface area contributed by atoms with Crippen LogP contribution < -0.4 is 0 Å². The first-order valence-electron chi connectivity index (χ1n) is 5.65. The molecular formula is C9H7NO13S3. The van der Waals surface area contributed by atoms with Gasteiger partial charge in [-0.2, -0.15) is 25.3 Å². The standard InChI is InChI=1S/C9H7NO13S3/c1-2-22-26(20,21)23-25(18,19)7-3-6(10(13)14)5(4-11)8(12)9(7)24(15,16)17/h2-4,12H,1H2,(H,15,16,17). The highest BCUT2D eigenvalue weighted by Gasteiger charge is 2.38. The number of hydrogen-bond donors (Lipinski definition) is 2. The topological polar surface area (TPSA) is 222 Å². The zero-order valence-electron chi connectivity index (χ0n) is 12.0. The molecule has 0 saturated carbocycles. The van der Waals surface area contributed by atoms with Gasteiger partial charge < -0.3 is 9.29 Å². The van der Waals surface area contributed by atoms with Gasteiger partial charge in [0, 0.05) is 6.07 Å². The molecule has 14 nitrogen and oxygen atoms in total. The van der Waals surface area contributed by atoms with E-state index in [4.69, 9.17) is 4.55 Å². The van der Waals surface area contributed by atoms with E-state index in [-0.39, 0.29) is 12.3 Å².